The molecule has 1 heterocycles. The molecule has 0 bridgehead atoms. The molecule has 2 aromatic carbocycles. The van der Waals surface area contributed by atoms with Gasteiger partial charge in [-0.3, -0.25) is 4.72 Å². The Bertz CT molecular complexity index is 1070. The fourth-order valence-corrected chi connectivity index (χ4v) is 3.11. The van der Waals surface area contributed by atoms with E-state index in [4.69, 9.17) is 0 Å². The molecule has 0 spiro atoms. The largest absolute Gasteiger partial charge is 0.449 e. The topological polar surface area (TPSA) is 74.8 Å². The molecule has 0 radical (unpaired) electrons. The number of aromatic nitrogens is 2. The zero-order chi connectivity index (χ0) is 18.9. The van der Waals surface area contributed by atoms with Crippen molar-refractivity contribution in [1.82, 2.24) is 9.97 Å². The average Bonchev–Trinajstić information content (AvgIpc) is 2.97. The summed E-state index contributed by atoms with van der Waals surface area (Å²) in [5.74, 6) is -1.13. The molecule has 0 aliphatic carbocycles. The third kappa shape index (κ3) is 4.23. The van der Waals surface area contributed by atoms with Gasteiger partial charge in [0.05, 0.1) is 22.1 Å². The number of nitrogens with one attached hydrogen (secondary N) is 2. The molecular formula is C17H14F3N3O2S. The molecule has 5 nitrogen and oxygen atoms in total. The smallest absolute Gasteiger partial charge is 0.334 e. The molecule has 3 rings (SSSR count). The van der Waals surface area contributed by atoms with Crippen molar-refractivity contribution in [3.63, 3.8) is 0 Å². The number of sulfonamides is 1. The molecular weight excluding hydrogens is 367 g/mol. The lowest BCUT2D eigenvalue weighted by molar-refractivity contribution is -0.144. The number of fused-ring (bicyclic) bond motifs is 1. The molecule has 3 aromatic rings. The highest BCUT2D eigenvalue weighted by molar-refractivity contribution is 7.95. The van der Waals surface area contributed by atoms with Crippen LogP contribution in [-0.4, -0.2) is 18.4 Å². The Labute approximate surface area is 147 Å². The van der Waals surface area contributed by atoms with Gasteiger partial charge in [-0.25, -0.2) is 13.4 Å². The summed E-state index contributed by atoms with van der Waals surface area (Å²) in [7, 11) is -3.82. The summed E-state index contributed by atoms with van der Waals surface area (Å²) in [5, 5.41) is 0.996. The van der Waals surface area contributed by atoms with Crippen LogP contribution in [0.4, 0.5) is 18.9 Å². The van der Waals surface area contributed by atoms with Crippen molar-refractivity contribution in [2.24, 2.45) is 0 Å². The Hall–Kier alpha value is -2.81. The minimum absolute atomic E-state index is 0.0834. The van der Waals surface area contributed by atoms with E-state index < -0.39 is 22.0 Å². The van der Waals surface area contributed by atoms with Gasteiger partial charge >= 0.3 is 6.18 Å². The zero-order valence-electron chi connectivity index (χ0n) is 13.5. The van der Waals surface area contributed by atoms with Gasteiger partial charge in [0.25, 0.3) is 10.0 Å². The summed E-state index contributed by atoms with van der Waals surface area (Å²) in [6.45, 7) is 1.92. The van der Waals surface area contributed by atoms with E-state index in [1.165, 1.54) is 24.3 Å². The van der Waals surface area contributed by atoms with Crippen LogP contribution in [-0.2, 0) is 16.2 Å². The van der Waals surface area contributed by atoms with Crippen LogP contribution >= 0.6 is 0 Å². The quantitative estimate of drug-likeness (QED) is 0.707. The van der Waals surface area contributed by atoms with Gasteiger partial charge in [0.15, 0.2) is 0 Å². The lowest BCUT2D eigenvalue weighted by Gasteiger charge is -2.04. The van der Waals surface area contributed by atoms with Gasteiger partial charge in [0.1, 0.15) is 0 Å². The molecule has 0 saturated carbocycles. The Morgan fingerprint density at radius 1 is 1.12 bits per heavy atom. The number of alkyl halides is 3. The minimum atomic E-state index is -4.60. The van der Waals surface area contributed by atoms with Crippen molar-refractivity contribution < 1.29 is 21.6 Å². The Kier molecular flexibility index (Phi) is 4.49. The lowest BCUT2D eigenvalue weighted by atomic mass is 10.2. The van der Waals surface area contributed by atoms with E-state index in [0.29, 0.717) is 5.56 Å². The maximum atomic E-state index is 12.7. The monoisotopic (exact) mass is 381 g/mol. The summed E-state index contributed by atoms with van der Waals surface area (Å²) < 4.78 is 64.6. The van der Waals surface area contributed by atoms with Crippen molar-refractivity contribution in [3.8, 4) is 0 Å². The van der Waals surface area contributed by atoms with Gasteiger partial charge < -0.3 is 4.98 Å². The maximum Gasteiger partial charge on any atom is 0.449 e. The maximum absolute atomic E-state index is 12.7. The van der Waals surface area contributed by atoms with Gasteiger partial charge in [-0.1, -0.05) is 29.8 Å². The zero-order valence-corrected chi connectivity index (χ0v) is 14.3. The first-order chi connectivity index (χ1) is 12.1. The first kappa shape index (κ1) is 18.0. The fraction of sp³-hybridized carbons (Fsp3) is 0.118. The number of aromatic amines is 1. The summed E-state index contributed by atoms with van der Waals surface area (Å²) in [5.41, 5.74) is 2.06. The van der Waals surface area contributed by atoms with Crippen LogP contribution in [0.3, 0.4) is 0 Å². The van der Waals surface area contributed by atoms with Gasteiger partial charge in [-0.15, -0.1) is 0 Å². The molecule has 1 aromatic heterocycles. The molecule has 26 heavy (non-hydrogen) atoms. The molecule has 0 atom stereocenters. The van der Waals surface area contributed by atoms with Crippen molar-refractivity contribution in [3.05, 3.63) is 64.8 Å². The van der Waals surface area contributed by atoms with E-state index in [1.54, 1.807) is 12.1 Å². The Balaban J connectivity index is 1.81. The highest BCUT2D eigenvalue weighted by Gasteiger charge is 2.34. The second-order valence-electron chi connectivity index (χ2n) is 5.68. The molecule has 9 heteroatoms. The first-order valence-corrected chi connectivity index (χ1v) is 9.02. The van der Waals surface area contributed by atoms with E-state index in [2.05, 4.69) is 14.7 Å². The van der Waals surface area contributed by atoms with Crippen LogP contribution in [0.2, 0.25) is 0 Å². The van der Waals surface area contributed by atoms with Crippen molar-refractivity contribution in [1.29, 1.82) is 0 Å². The molecule has 0 aliphatic heterocycles. The standard InChI is InChI=1S/C17H14F3N3O2S/c1-11-2-4-12(5-3-11)8-9-26(24,25)23-13-6-7-14-15(10-13)22-16(21-14)17(18,19)20/h2-10,23H,1H3,(H,21,22)/b9-8+. The molecule has 0 amide bonds. The SMILES string of the molecule is Cc1ccc(/C=C/S(=O)(=O)Nc2ccc3nc(C(F)(F)F)[nH]c3c2)cc1. The van der Waals surface area contributed by atoms with Crippen LogP contribution in [0, 0.1) is 6.92 Å². The minimum Gasteiger partial charge on any atom is -0.334 e. The van der Waals surface area contributed by atoms with Crippen molar-refractivity contribution >= 4 is 32.8 Å². The van der Waals surface area contributed by atoms with Gasteiger partial charge in [0, 0.05) is 0 Å². The number of H-pyrrole nitrogens is 1. The second kappa shape index (κ2) is 6.49. The fourth-order valence-electron chi connectivity index (χ4n) is 2.25. The van der Waals surface area contributed by atoms with Crippen molar-refractivity contribution in [2.75, 3.05) is 4.72 Å². The number of imidazole rings is 1. The number of anilines is 1. The van der Waals surface area contributed by atoms with E-state index in [1.807, 2.05) is 19.1 Å². The second-order valence-corrected chi connectivity index (χ2v) is 7.24. The number of nitrogens with zero attached hydrogens (tertiary/aromatic N) is 1. The van der Waals surface area contributed by atoms with Crippen LogP contribution in [0.1, 0.15) is 17.0 Å². The van der Waals surface area contributed by atoms with Crippen LogP contribution < -0.4 is 4.72 Å². The third-order valence-corrected chi connectivity index (χ3v) is 4.54. The predicted octanol–water partition coefficient (Wildman–Crippen LogP) is 4.30. The predicted molar refractivity (Wildman–Crippen MR) is 93.9 cm³/mol. The first-order valence-electron chi connectivity index (χ1n) is 7.47. The summed E-state index contributed by atoms with van der Waals surface area (Å²) in [6, 6.07) is 11.2. The van der Waals surface area contributed by atoms with E-state index in [0.717, 1.165) is 11.0 Å². The number of aryl methyl sites for hydroxylation is 1. The summed E-state index contributed by atoms with van der Waals surface area (Å²) in [6.07, 6.45) is -3.17. The number of hydrogen-bond donors (Lipinski definition) is 2. The van der Waals surface area contributed by atoms with E-state index >= 15 is 0 Å². The highest BCUT2D eigenvalue weighted by atomic mass is 32.2. The lowest BCUT2D eigenvalue weighted by Crippen LogP contribution is -2.08. The van der Waals surface area contributed by atoms with Gasteiger partial charge in [0.2, 0.25) is 5.82 Å². The number of benzene rings is 2. The third-order valence-electron chi connectivity index (χ3n) is 3.53. The molecule has 2 N–H and O–H groups in total. The van der Waals surface area contributed by atoms with Gasteiger partial charge in [-0.2, -0.15) is 13.2 Å². The van der Waals surface area contributed by atoms with Crippen LogP contribution in [0.5, 0.6) is 0 Å². The van der Waals surface area contributed by atoms with E-state index in [-0.39, 0.29) is 16.7 Å². The van der Waals surface area contributed by atoms with Crippen LogP contribution in [0.15, 0.2) is 47.9 Å². The summed E-state index contributed by atoms with van der Waals surface area (Å²) >= 11 is 0. The Morgan fingerprint density at radius 2 is 1.81 bits per heavy atom. The molecule has 0 aliphatic rings. The van der Waals surface area contributed by atoms with E-state index in [9.17, 15) is 21.6 Å². The number of hydrogen-bond acceptors (Lipinski definition) is 3. The van der Waals surface area contributed by atoms with Crippen LogP contribution in [0.25, 0.3) is 17.1 Å². The number of halogens is 3. The average molecular weight is 381 g/mol. The molecule has 0 fully saturated rings. The normalized spacial score (nSPS) is 12.8. The molecule has 0 unspecified atom stereocenters. The van der Waals surface area contributed by atoms with Gasteiger partial charge in [-0.05, 0) is 36.8 Å². The number of rotatable bonds is 4. The Morgan fingerprint density at radius 3 is 2.46 bits per heavy atom. The highest BCUT2D eigenvalue weighted by Crippen LogP contribution is 2.29. The molecule has 136 valence electrons. The molecule has 0 saturated heterocycles. The summed E-state index contributed by atoms with van der Waals surface area (Å²) in [4.78, 5) is 5.57. The van der Waals surface area contributed by atoms with Crippen molar-refractivity contribution in [2.45, 2.75) is 13.1 Å².